The Bertz CT molecular complexity index is 406. The molecule has 0 aliphatic carbocycles. The van der Waals surface area contributed by atoms with Crippen LogP contribution in [0.5, 0.6) is 5.75 Å². The van der Waals surface area contributed by atoms with Gasteiger partial charge in [0.2, 0.25) is 5.76 Å². The van der Waals surface area contributed by atoms with E-state index in [1.165, 1.54) is 0 Å². The minimum absolute atomic E-state index is 0.180. The largest absolute Gasteiger partial charge is 0.508 e. The van der Waals surface area contributed by atoms with Crippen LogP contribution < -0.4 is 0 Å². The Hall–Kier alpha value is -1.97. The van der Waals surface area contributed by atoms with Crippen LogP contribution in [0.4, 0.5) is 0 Å². The molecule has 18 heavy (non-hydrogen) atoms. The molecule has 0 fully saturated rings. The summed E-state index contributed by atoms with van der Waals surface area (Å²) in [6, 6.07) is 6.50. The van der Waals surface area contributed by atoms with E-state index in [1.807, 2.05) is 6.92 Å². The third-order valence-corrected chi connectivity index (χ3v) is 2.13. The number of hydrogen-bond donors (Lipinski definition) is 1. The molecule has 0 spiro atoms. The van der Waals surface area contributed by atoms with Gasteiger partial charge in [0.05, 0.1) is 13.2 Å². The van der Waals surface area contributed by atoms with E-state index in [4.69, 9.17) is 9.47 Å². The third-order valence-electron chi connectivity index (χ3n) is 2.13. The number of hydrogen-bond acceptors (Lipinski definition) is 4. The Morgan fingerprint density at radius 1 is 1.22 bits per heavy atom. The Labute approximate surface area is 107 Å². The zero-order valence-corrected chi connectivity index (χ0v) is 10.7. The van der Waals surface area contributed by atoms with Crippen molar-refractivity contribution in [3.05, 3.63) is 35.6 Å². The summed E-state index contributed by atoms with van der Waals surface area (Å²) in [4.78, 5) is 11.7. The fraction of sp³-hybridized carbons (Fsp3) is 0.357. The summed E-state index contributed by atoms with van der Waals surface area (Å²) in [5.41, 5.74) is 0.770. The van der Waals surface area contributed by atoms with Gasteiger partial charge in [0.15, 0.2) is 0 Å². The second-order valence-corrected chi connectivity index (χ2v) is 3.67. The maximum Gasteiger partial charge on any atom is 0.373 e. The number of phenols is 1. The summed E-state index contributed by atoms with van der Waals surface area (Å²) < 4.78 is 10.3. The minimum Gasteiger partial charge on any atom is -0.508 e. The smallest absolute Gasteiger partial charge is 0.373 e. The lowest BCUT2D eigenvalue weighted by Crippen LogP contribution is -2.11. The van der Waals surface area contributed by atoms with E-state index < -0.39 is 5.97 Å². The minimum atomic E-state index is -0.473. The van der Waals surface area contributed by atoms with E-state index >= 15 is 0 Å². The van der Waals surface area contributed by atoms with Gasteiger partial charge in [-0.1, -0.05) is 19.1 Å². The molecule has 98 valence electrons. The molecule has 1 aromatic rings. The van der Waals surface area contributed by atoms with Crippen LogP contribution >= 0.6 is 0 Å². The lowest BCUT2D eigenvalue weighted by molar-refractivity contribution is -0.142. The Kier molecular flexibility index (Phi) is 5.77. The number of carbonyl (C=O) groups is 1. The maximum atomic E-state index is 11.7. The summed E-state index contributed by atoms with van der Waals surface area (Å²) >= 11 is 0. The number of aromatic hydroxyl groups is 1. The van der Waals surface area contributed by atoms with E-state index in [2.05, 4.69) is 0 Å². The monoisotopic (exact) mass is 250 g/mol. The standard InChI is InChI=1S/C14H18O4/c1-3-9-18-13(14(16)17-4-2)10-11-5-7-12(15)8-6-11/h5-8,10,15H,3-4,9H2,1-2H3/b13-10-. The molecule has 0 saturated heterocycles. The number of carbonyl (C=O) groups excluding carboxylic acids is 1. The fourth-order valence-electron chi connectivity index (χ4n) is 1.30. The van der Waals surface area contributed by atoms with Crippen LogP contribution in [-0.4, -0.2) is 24.3 Å². The molecule has 0 aliphatic rings. The molecule has 0 atom stereocenters. The highest BCUT2D eigenvalue weighted by molar-refractivity contribution is 5.91. The summed E-state index contributed by atoms with van der Waals surface area (Å²) in [6.45, 7) is 4.48. The predicted molar refractivity (Wildman–Crippen MR) is 69.0 cm³/mol. The van der Waals surface area contributed by atoms with Gasteiger partial charge in [-0.15, -0.1) is 0 Å². The highest BCUT2D eigenvalue weighted by Gasteiger charge is 2.11. The average Bonchev–Trinajstić information content (AvgIpc) is 2.37. The van der Waals surface area contributed by atoms with Crippen molar-refractivity contribution in [3.8, 4) is 5.75 Å². The van der Waals surface area contributed by atoms with Gasteiger partial charge < -0.3 is 14.6 Å². The van der Waals surface area contributed by atoms with Crippen LogP contribution in [-0.2, 0) is 14.3 Å². The molecule has 1 N–H and O–H groups in total. The quantitative estimate of drug-likeness (QED) is 0.479. The second-order valence-electron chi connectivity index (χ2n) is 3.67. The van der Waals surface area contributed by atoms with Crippen LogP contribution in [0.25, 0.3) is 6.08 Å². The van der Waals surface area contributed by atoms with Crippen LogP contribution in [0.15, 0.2) is 30.0 Å². The third kappa shape index (κ3) is 4.49. The lowest BCUT2D eigenvalue weighted by Gasteiger charge is -2.08. The first-order valence-corrected chi connectivity index (χ1v) is 5.98. The van der Waals surface area contributed by atoms with Crippen molar-refractivity contribution in [2.75, 3.05) is 13.2 Å². The molecule has 0 saturated carbocycles. The molecule has 4 nitrogen and oxygen atoms in total. The van der Waals surface area contributed by atoms with Crippen LogP contribution in [0.3, 0.4) is 0 Å². The number of esters is 1. The topological polar surface area (TPSA) is 55.8 Å². The van der Waals surface area contributed by atoms with Gasteiger partial charge in [0, 0.05) is 0 Å². The van der Waals surface area contributed by atoms with Crippen molar-refractivity contribution in [1.82, 2.24) is 0 Å². The summed E-state index contributed by atoms with van der Waals surface area (Å²) in [6.07, 6.45) is 2.42. The Balaban J connectivity index is 2.86. The highest BCUT2D eigenvalue weighted by Crippen LogP contribution is 2.14. The van der Waals surface area contributed by atoms with Crippen molar-refractivity contribution in [3.63, 3.8) is 0 Å². The van der Waals surface area contributed by atoms with E-state index in [9.17, 15) is 9.90 Å². The lowest BCUT2D eigenvalue weighted by atomic mass is 10.2. The van der Waals surface area contributed by atoms with Crippen LogP contribution in [0.1, 0.15) is 25.8 Å². The average molecular weight is 250 g/mol. The molecule has 4 heteroatoms. The Morgan fingerprint density at radius 2 is 1.89 bits per heavy atom. The second kappa shape index (κ2) is 7.37. The first kappa shape index (κ1) is 14.1. The fourth-order valence-corrected chi connectivity index (χ4v) is 1.30. The molecule has 0 aromatic heterocycles. The van der Waals surface area contributed by atoms with Crippen molar-refractivity contribution >= 4 is 12.0 Å². The van der Waals surface area contributed by atoms with Gasteiger partial charge >= 0.3 is 5.97 Å². The molecule has 0 bridgehead atoms. The summed E-state index contributed by atoms with van der Waals surface area (Å²) in [5.74, 6) is -0.109. The van der Waals surface area contributed by atoms with Gasteiger partial charge in [-0.2, -0.15) is 0 Å². The van der Waals surface area contributed by atoms with Crippen LogP contribution in [0.2, 0.25) is 0 Å². The van der Waals surface area contributed by atoms with Gasteiger partial charge in [-0.3, -0.25) is 0 Å². The molecule has 0 aliphatic heterocycles. The van der Waals surface area contributed by atoms with E-state index in [0.717, 1.165) is 12.0 Å². The summed E-state index contributed by atoms with van der Waals surface area (Å²) in [5, 5.41) is 9.18. The number of ether oxygens (including phenoxy) is 2. The van der Waals surface area contributed by atoms with E-state index in [1.54, 1.807) is 37.3 Å². The molecule has 0 amide bonds. The van der Waals surface area contributed by atoms with Gasteiger partial charge in [0.1, 0.15) is 5.75 Å². The van der Waals surface area contributed by atoms with Crippen molar-refractivity contribution < 1.29 is 19.4 Å². The SMILES string of the molecule is CCCO/C(=C\c1ccc(O)cc1)C(=O)OCC. The highest BCUT2D eigenvalue weighted by atomic mass is 16.6. The number of phenolic OH excluding ortho intramolecular Hbond substituents is 1. The van der Waals surface area contributed by atoms with E-state index in [-0.39, 0.29) is 11.5 Å². The zero-order valence-electron chi connectivity index (χ0n) is 10.7. The number of rotatable bonds is 6. The maximum absolute atomic E-state index is 11.7. The molecular formula is C14H18O4. The normalized spacial score (nSPS) is 11.1. The van der Waals surface area contributed by atoms with E-state index in [0.29, 0.717) is 13.2 Å². The van der Waals surface area contributed by atoms with Crippen molar-refractivity contribution in [2.24, 2.45) is 0 Å². The number of benzene rings is 1. The van der Waals surface area contributed by atoms with Crippen LogP contribution in [0, 0.1) is 0 Å². The van der Waals surface area contributed by atoms with Gasteiger partial charge in [-0.25, -0.2) is 4.79 Å². The molecule has 0 heterocycles. The molecule has 0 radical (unpaired) electrons. The molecule has 0 unspecified atom stereocenters. The van der Waals surface area contributed by atoms with Crippen molar-refractivity contribution in [1.29, 1.82) is 0 Å². The zero-order chi connectivity index (χ0) is 13.4. The first-order valence-electron chi connectivity index (χ1n) is 5.98. The van der Waals surface area contributed by atoms with Gasteiger partial charge in [0.25, 0.3) is 0 Å². The predicted octanol–water partition coefficient (Wildman–Crippen LogP) is 2.72. The Morgan fingerprint density at radius 3 is 2.44 bits per heavy atom. The molecular weight excluding hydrogens is 232 g/mol. The van der Waals surface area contributed by atoms with Crippen molar-refractivity contribution in [2.45, 2.75) is 20.3 Å². The van der Waals surface area contributed by atoms with Gasteiger partial charge in [-0.05, 0) is 37.1 Å². The first-order chi connectivity index (χ1) is 8.67. The molecule has 1 rings (SSSR count). The summed E-state index contributed by atoms with van der Waals surface area (Å²) in [7, 11) is 0. The molecule has 1 aromatic carbocycles.